The van der Waals surface area contributed by atoms with Gasteiger partial charge >= 0.3 is 0 Å². The highest BCUT2D eigenvalue weighted by Gasteiger charge is 2.23. The van der Waals surface area contributed by atoms with Crippen molar-refractivity contribution in [3.8, 4) is 51.0 Å². The fourth-order valence-electron chi connectivity index (χ4n) is 8.51. The minimum atomic E-state index is 0.600. The first-order valence-corrected chi connectivity index (χ1v) is 18.3. The lowest BCUT2D eigenvalue weighted by molar-refractivity contribution is 0.949. The molecule has 0 bridgehead atoms. The van der Waals surface area contributed by atoms with Crippen LogP contribution in [0.5, 0.6) is 0 Å². The normalized spacial score (nSPS) is 11.6. The second-order valence-corrected chi connectivity index (χ2v) is 14.5. The first-order valence-electron chi connectivity index (χ1n) is 18.3. The van der Waals surface area contributed by atoms with Crippen LogP contribution in [-0.4, -0.2) is 19.5 Å². The summed E-state index contributed by atoms with van der Waals surface area (Å²) in [5, 5.41) is 4.75. The van der Waals surface area contributed by atoms with Crippen LogP contribution >= 0.6 is 0 Å². The van der Waals surface area contributed by atoms with Gasteiger partial charge in [0.25, 0.3) is 0 Å². The van der Waals surface area contributed by atoms with Crippen molar-refractivity contribution in [3.05, 3.63) is 167 Å². The third-order valence-corrected chi connectivity index (χ3v) is 10.6. The summed E-state index contributed by atoms with van der Waals surface area (Å²) in [6.07, 6.45) is 0. The van der Waals surface area contributed by atoms with Crippen LogP contribution in [0.1, 0.15) is 33.4 Å². The number of aryl methyl sites for hydroxylation is 6. The molecule has 0 spiro atoms. The predicted molar refractivity (Wildman–Crippen MR) is 222 cm³/mol. The van der Waals surface area contributed by atoms with Gasteiger partial charge < -0.3 is 0 Å². The number of hydrogen-bond acceptors (Lipinski definition) is 3. The molecule has 0 atom stereocenters. The van der Waals surface area contributed by atoms with E-state index in [4.69, 9.17) is 15.0 Å². The Bertz CT molecular complexity index is 2760. The molecule has 0 unspecified atom stereocenters. The van der Waals surface area contributed by atoms with E-state index in [1.807, 2.05) is 0 Å². The molecule has 53 heavy (non-hydrogen) atoms. The van der Waals surface area contributed by atoms with Crippen molar-refractivity contribution in [1.29, 1.82) is 0 Å². The largest absolute Gasteiger partial charge is 0.278 e. The molecule has 4 nitrogen and oxygen atoms in total. The van der Waals surface area contributed by atoms with Gasteiger partial charge in [0.15, 0.2) is 11.6 Å². The maximum atomic E-state index is 5.43. The molecule has 0 fully saturated rings. The van der Waals surface area contributed by atoms with Gasteiger partial charge in [0.05, 0.1) is 11.0 Å². The maximum absolute atomic E-state index is 5.43. The Morgan fingerprint density at radius 2 is 0.906 bits per heavy atom. The third kappa shape index (κ3) is 5.50. The highest BCUT2D eigenvalue weighted by molar-refractivity contribution is 6.24. The van der Waals surface area contributed by atoms with E-state index < -0.39 is 0 Å². The van der Waals surface area contributed by atoms with Crippen molar-refractivity contribution in [2.45, 2.75) is 41.5 Å². The number of hydrogen-bond donors (Lipinski definition) is 0. The number of nitrogens with zero attached hydrogens (tertiary/aromatic N) is 4. The fraction of sp³-hybridized carbons (Fsp3) is 0.122. The Morgan fingerprint density at radius 1 is 0.396 bits per heavy atom. The van der Waals surface area contributed by atoms with Crippen LogP contribution in [0.15, 0.2) is 133 Å². The average molecular weight is 685 g/mol. The molecule has 0 N–H and O–H groups in total. The van der Waals surface area contributed by atoms with Gasteiger partial charge in [0.1, 0.15) is 0 Å². The van der Waals surface area contributed by atoms with Crippen LogP contribution in [0, 0.1) is 41.5 Å². The summed E-state index contributed by atoms with van der Waals surface area (Å²) in [6.45, 7) is 12.9. The molecule has 0 aliphatic heterocycles. The third-order valence-electron chi connectivity index (χ3n) is 10.6. The summed E-state index contributed by atoms with van der Waals surface area (Å²) in [5.41, 5.74) is 15.9. The van der Waals surface area contributed by atoms with Crippen molar-refractivity contribution in [2.75, 3.05) is 0 Å². The SMILES string of the molecule is Cc1cc(C)c(-c2nc(-c3c(C)cc(C)cc3C)nc(-n3c4cc(-c5ccccc5)ccc4c4c5ccccc5c(-c5ccccc5)cc43)n2)c(C)c1. The molecule has 4 heteroatoms. The molecule has 0 saturated heterocycles. The highest BCUT2D eigenvalue weighted by atomic mass is 15.2. The topological polar surface area (TPSA) is 43.6 Å². The summed E-state index contributed by atoms with van der Waals surface area (Å²) in [5.74, 6) is 1.96. The molecule has 0 radical (unpaired) electrons. The number of benzene rings is 7. The van der Waals surface area contributed by atoms with E-state index in [9.17, 15) is 0 Å². The van der Waals surface area contributed by atoms with Crippen LogP contribution in [0.25, 0.3) is 83.6 Å². The van der Waals surface area contributed by atoms with Gasteiger partial charge in [-0.15, -0.1) is 0 Å². The van der Waals surface area contributed by atoms with Gasteiger partial charge in [-0.25, -0.2) is 4.98 Å². The van der Waals surface area contributed by atoms with Crippen molar-refractivity contribution >= 4 is 32.6 Å². The fourth-order valence-corrected chi connectivity index (χ4v) is 8.51. The first kappa shape index (κ1) is 32.5. The minimum absolute atomic E-state index is 0.600. The molecule has 2 heterocycles. The van der Waals surface area contributed by atoms with Crippen LogP contribution in [0.2, 0.25) is 0 Å². The van der Waals surface area contributed by atoms with Gasteiger partial charge in [0, 0.05) is 21.9 Å². The van der Waals surface area contributed by atoms with Gasteiger partial charge in [0.2, 0.25) is 5.95 Å². The zero-order valence-corrected chi connectivity index (χ0v) is 31.0. The van der Waals surface area contributed by atoms with E-state index in [1.165, 1.54) is 38.4 Å². The van der Waals surface area contributed by atoms with Crippen LogP contribution in [0.4, 0.5) is 0 Å². The number of aromatic nitrogens is 4. The molecule has 0 amide bonds. The lowest BCUT2D eigenvalue weighted by Gasteiger charge is -2.16. The molecule has 9 aromatic rings. The highest BCUT2D eigenvalue weighted by Crippen LogP contribution is 2.42. The van der Waals surface area contributed by atoms with Crippen molar-refractivity contribution < 1.29 is 0 Å². The molecule has 9 rings (SSSR count). The Kier molecular flexibility index (Phi) is 7.78. The summed E-state index contributed by atoms with van der Waals surface area (Å²) < 4.78 is 2.28. The number of fused-ring (bicyclic) bond motifs is 5. The molecule has 256 valence electrons. The van der Waals surface area contributed by atoms with E-state index in [0.29, 0.717) is 17.6 Å². The Balaban J connectivity index is 1.46. The summed E-state index contributed by atoms with van der Waals surface area (Å²) in [4.78, 5) is 16.1. The van der Waals surface area contributed by atoms with E-state index in [-0.39, 0.29) is 0 Å². The van der Waals surface area contributed by atoms with Crippen LogP contribution < -0.4 is 0 Å². The predicted octanol–water partition coefficient (Wildman–Crippen LogP) is 12.6. The van der Waals surface area contributed by atoms with Crippen LogP contribution in [-0.2, 0) is 0 Å². The van der Waals surface area contributed by atoms with Gasteiger partial charge in [-0.3, -0.25) is 4.57 Å². The minimum Gasteiger partial charge on any atom is -0.278 e. The van der Waals surface area contributed by atoms with Gasteiger partial charge in [-0.2, -0.15) is 9.97 Å². The Hall–Kier alpha value is -6.39. The standard InChI is InChI=1S/C49H40N4/c1-29-23-31(3)44(32(4)24-29)47-50-48(45-33(5)25-30(2)26-34(45)6)52-49(51-47)53-42-27-37(35-15-9-7-10-16-35)21-22-40(42)46-39-20-14-13-19-38(39)41(28-43(46)53)36-17-11-8-12-18-36/h7-28H,1-6H3. The average Bonchev–Trinajstić information content (AvgIpc) is 3.48. The smallest absolute Gasteiger partial charge is 0.238 e. The van der Waals surface area contributed by atoms with E-state index in [2.05, 4.69) is 180 Å². The van der Waals surface area contributed by atoms with E-state index in [0.717, 1.165) is 60.9 Å². The number of rotatable bonds is 5. The lowest BCUT2D eigenvalue weighted by atomic mass is 9.94. The molecule has 2 aromatic heterocycles. The monoisotopic (exact) mass is 684 g/mol. The second-order valence-electron chi connectivity index (χ2n) is 14.5. The molecule has 0 aliphatic carbocycles. The van der Waals surface area contributed by atoms with Crippen molar-refractivity contribution in [2.24, 2.45) is 0 Å². The summed E-state index contributed by atoms with van der Waals surface area (Å²) >= 11 is 0. The molecule has 0 aliphatic rings. The molecule has 0 saturated carbocycles. The zero-order chi connectivity index (χ0) is 36.4. The van der Waals surface area contributed by atoms with Crippen molar-refractivity contribution in [3.63, 3.8) is 0 Å². The van der Waals surface area contributed by atoms with Crippen LogP contribution in [0.3, 0.4) is 0 Å². The van der Waals surface area contributed by atoms with Gasteiger partial charge in [-0.05, 0) is 109 Å². The second kappa shape index (κ2) is 12.7. The summed E-state index contributed by atoms with van der Waals surface area (Å²) in [7, 11) is 0. The lowest BCUT2D eigenvalue weighted by Crippen LogP contribution is -2.08. The Labute approximate surface area is 310 Å². The summed E-state index contributed by atoms with van der Waals surface area (Å²) in [6, 6.07) is 48.1. The first-order chi connectivity index (χ1) is 25.7. The van der Waals surface area contributed by atoms with Crippen molar-refractivity contribution in [1.82, 2.24) is 19.5 Å². The Morgan fingerprint density at radius 3 is 1.47 bits per heavy atom. The van der Waals surface area contributed by atoms with E-state index in [1.54, 1.807) is 0 Å². The molecular formula is C49H40N4. The van der Waals surface area contributed by atoms with Gasteiger partial charge in [-0.1, -0.05) is 132 Å². The zero-order valence-electron chi connectivity index (χ0n) is 31.0. The quantitative estimate of drug-likeness (QED) is 0.181. The molecular weight excluding hydrogens is 645 g/mol. The maximum Gasteiger partial charge on any atom is 0.238 e. The van der Waals surface area contributed by atoms with E-state index >= 15 is 0 Å². The molecule has 7 aromatic carbocycles.